The number of nitro groups is 1. The molecule has 0 radical (unpaired) electrons. The third-order valence-electron chi connectivity index (χ3n) is 5.41. The molecule has 1 atom stereocenters. The largest absolute Gasteiger partial charge is 0.340 e. The van der Waals surface area contributed by atoms with E-state index in [4.69, 9.17) is 0 Å². The van der Waals surface area contributed by atoms with E-state index in [-0.39, 0.29) is 24.1 Å². The average Bonchev–Trinajstić information content (AvgIpc) is 2.68. The first-order valence-electron chi connectivity index (χ1n) is 9.43. The summed E-state index contributed by atoms with van der Waals surface area (Å²) in [4.78, 5) is 27.3. The molecule has 0 saturated carbocycles. The van der Waals surface area contributed by atoms with Gasteiger partial charge in [-0.05, 0) is 18.4 Å². The van der Waals surface area contributed by atoms with Crippen molar-refractivity contribution in [3.63, 3.8) is 0 Å². The fourth-order valence-electron chi connectivity index (χ4n) is 3.86. The van der Waals surface area contributed by atoms with Gasteiger partial charge in [0.15, 0.2) is 0 Å². The zero-order valence-electron chi connectivity index (χ0n) is 16.0. The van der Waals surface area contributed by atoms with Crippen molar-refractivity contribution in [2.75, 3.05) is 45.5 Å². The van der Waals surface area contributed by atoms with Crippen molar-refractivity contribution < 1.29 is 18.1 Å². The van der Waals surface area contributed by atoms with Crippen LogP contribution in [0.5, 0.6) is 0 Å². The summed E-state index contributed by atoms with van der Waals surface area (Å²) in [6, 6.07) is 6.61. The van der Waals surface area contributed by atoms with Gasteiger partial charge in [-0.25, -0.2) is 12.7 Å². The average molecular weight is 410 g/mol. The molecule has 0 spiro atoms. The van der Waals surface area contributed by atoms with Gasteiger partial charge in [0, 0.05) is 57.9 Å². The highest BCUT2D eigenvalue weighted by Crippen LogP contribution is 2.22. The zero-order chi connectivity index (χ0) is 20.3. The van der Waals surface area contributed by atoms with Gasteiger partial charge in [0.05, 0.1) is 17.1 Å². The van der Waals surface area contributed by atoms with E-state index in [1.165, 1.54) is 16.6 Å². The van der Waals surface area contributed by atoms with Crippen LogP contribution in [0.4, 0.5) is 5.69 Å². The Kier molecular flexibility index (Phi) is 6.31. The molecule has 2 saturated heterocycles. The maximum atomic E-state index is 12.8. The molecule has 0 bridgehead atoms. The Hall–Kier alpha value is -2.04. The van der Waals surface area contributed by atoms with Gasteiger partial charge in [-0.3, -0.25) is 19.8 Å². The summed E-state index contributed by atoms with van der Waals surface area (Å²) in [6.45, 7) is 3.92. The number of piperazine rings is 1. The lowest BCUT2D eigenvalue weighted by Crippen LogP contribution is -2.52. The lowest BCUT2D eigenvalue weighted by Gasteiger charge is -2.38. The van der Waals surface area contributed by atoms with E-state index in [9.17, 15) is 23.3 Å². The summed E-state index contributed by atoms with van der Waals surface area (Å²) in [7, 11) is -3.27. The third-order valence-corrected chi connectivity index (χ3v) is 6.68. The van der Waals surface area contributed by atoms with Crippen LogP contribution in [0.2, 0.25) is 0 Å². The maximum Gasteiger partial charge on any atom is 0.269 e. The molecule has 28 heavy (non-hydrogen) atoms. The van der Waals surface area contributed by atoms with E-state index in [0.29, 0.717) is 45.7 Å². The summed E-state index contributed by atoms with van der Waals surface area (Å²) in [5.41, 5.74) is 0.962. The van der Waals surface area contributed by atoms with Crippen molar-refractivity contribution >= 4 is 21.6 Å². The topological polar surface area (TPSA) is 104 Å². The number of benzene rings is 1. The Morgan fingerprint density at radius 1 is 1.21 bits per heavy atom. The molecule has 2 heterocycles. The van der Waals surface area contributed by atoms with Crippen LogP contribution in [-0.2, 0) is 21.4 Å². The van der Waals surface area contributed by atoms with Gasteiger partial charge in [-0.1, -0.05) is 12.1 Å². The number of carbonyl (C=O) groups is 1. The Morgan fingerprint density at radius 3 is 2.57 bits per heavy atom. The van der Waals surface area contributed by atoms with Crippen molar-refractivity contribution in [3.05, 3.63) is 39.9 Å². The summed E-state index contributed by atoms with van der Waals surface area (Å²) in [5, 5.41) is 10.9. The predicted octanol–water partition coefficient (Wildman–Crippen LogP) is 0.911. The Morgan fingerprint density at radius 2 is 1.93 bits per heavy atom. The van der Waals surface area contributed by atoms with Gasteiger partial charge < -0.3 is 4.90 Å². The molecule has 2 aliphatic heterocycles. The SMILES string of the molecule is CS(=O)(=O)N1CCCC(C(=O)N2CCN(Cc3cccc([N+](=O)[O-])c3)CC2)C1. The minimum Gasteiger partial charge on any atom is -0.340 e. The van der Waals surface area contributed by atoms with Crippen LogP contribution < -0.4 is 0 Å². The van der Waals surface area contributed by atoms with Crippen LogP contribution in [0.25, 0.3) is 0 Å². The number of nitro benzene ring substituents is 1. The van der Waals surface area contributed by atoms with Gasteiger partial charge in [0.2, 0.25) is 15.9 Å². The molecule has 2 aliphatic rings. The first-order valence-corrected chi connectivity index (χ1v) is 11.3. The lowest BCUT2D eigenvalue weighted by molar-refractivity contribution is -0.384. The first kappa shape index (κ1) is 20.7. The molecule has 2 fully saturated rings. The lowest BCUT2D eigenvalue weighted by atomic mass is 9.97. The van der Waals surface area contributed by atoms with E-state index in [0.717, 1.165) is 12.0 Å². The molecule has 0 N–H and O–H groups in total. The second-order valence-corrected chi connectivity index (χ2v) is 9.47. The monoisotopic (exact) mass is 410 g/mol. The van der Waals surface area contributed by atoms with Gasteiger partial charge in [0.25, 0.3) is 5.69 Å². The van der Waals surface area contributed by atoms with Crippen molar-refractivity contribution in [2.45, 2.75) is 19.4 Å². The number of sulfonamides is 1. The second-order valence-electron chi connectivity index (χ2n) is 7.49. The number of non-ortho nitro benzene ring substituents is 1. The number of nitrogens with zero attached hydrogens (tertiary/aromatic N) is 4. The molecule has 1 amide bonds. The Balaban J connectivity index is 1.53. The molecule has 0 aliphatic carbocycles. The maximum absolute atomic E-state index is 12.8. The predicted molar refractivity (Wildman–Crippen MR) is 104 cm³/mol. The summed E-state index contributed by atoms with van der Waals surface area (Å²) in [6.07, 6.45) is 2.61. The van der Waals surface area contributed by atoms with Crippen molar-refractivity contribution in [1.82, 2.24) is 14.1 Å². The van der Waals surface area contributed by atoms with Gasteiger partial charge in [0.1, 0.15) is 0 Å². The van der Waals surface area contributed by atoms with Gasteiger partial charge in [-0.2, -0.15) is 0 Å². The molecular weight excluding hydrogens is 384 g/mol. The molecule has 154 valence electrons. The van der Waals surface area contributed by atoms with Crippen molar-refractivity contribution in [1.29, 1.82) is 0 Å². The number of hydrogen-bond acceptors (Lipinski definition) is 6. The van der Waals surface area contributed by atoms with E-state index >= 15 is 0 Å². The fraction of sp³-hybridized carbons (Fsp3) is 0.611. The number of hydrogen-bond donors (Lipinski definition) is 0. The highest BCUT2D eigenvalue weighted by atomic mass is 32.2. The highest BCUT2D eigenvalue weighted by molar-refractivity contribution is 7.88. The molecule has 1 unspecified atom stereocenters. The number of piperidine rings is 1. The fourth-order valence-corrected chi connectivity index (χ4v) is 4.77. The van der Waals surface area contributed by atoms with Crippen molar-refractivity contribution in [3.8, 4) is 0 Å². The Bertz CT molecular complexity index is 836. The second kappa shape index (κ2) is 8.54. The van der Waals surface area contributed by atoms with E-state index in [2.05, 4.69) is 4.90 Å². The number of carbonyl (C=O) groups excluding carboxylic acids is 1. The molecule has 9 nitrogen and oxygen atoms in total. The number of rotatable bonds is 5. The highest BCUT2D eigenvalue weighted by Gasteiger charge is 2.33. The van der Waals surface area contributed by atoms with Crippen LogP contribution in [0, 0.1) is 16.0 Å². The van der Waals surface area contributed by atoms with Crippen LogP contribution in [-0.4, -0.2) is 78.9 Å². The van der Waals surface area contributed by atoms with Gasteiger partial charge in [-0.15, -0.1) is 0 Å². The molecule has 1 aromatic carbocycles. The van der Waals surface area contributed by atoms with Crippen LogP contribution in [0.1, 0.15) is 18.4 Å². The quantitative estimate of drug-likeness (QED) is 0.528. The molecule has 1 aromatic rings. The normalized spacial score (nSPS) is 22.2. The molecular formula is C18H26N4O5S. The summed E-state index contributed by atoms with van der Waals surface area (Å²) in [5.74, 6) is -0.241. The summed E-state index contributed by atoms with van der Waals surface area (Å²) >= 11 is 0. The van der Waals surface area contributed by atoms with Crippen LogP contribution in [0.3, 0.4) is 0 Å². The van der Waals surface area contributed by atoms with Crippen molar-refractivity contribution in [2.24, 2.45) is 5.92 Å². The van der Waals surface area contributed by atoms with Crippen LogP contribution >= 0.6 is 0 Å². The molecule has 3 rings (SSSR count). The van der Waals surface area contributed by atoms with E-state index in [1.807, 2.05) is 11.0 Å². The zero-order valence-corrected chi connectivity index (χ0v) is 16.8. The smallest absolute Gasteiger partial charge is 0.269 e. The Labute approximate surface area is 165 Å². The number of amides is 1. The minimum atomic E-state index is -3.27. The first-order chi connectivity index (χ1) is 13.2. The molecule has 0 aromatic heterocycles. The standard InChI is InChI=1S/C18H26N4O5S/c1-28(26,27)21-7-3-5-16(14-21)18(23)20-10-8-19(9-11-20)13-15-4-2-6-17(12-15)22(24)25/h2,4,6,12,16H,3,5,7-11,13-14H2,1H3. The van der Waals surface area contributed by atoms with Gasteiger partial charge >= 0.3 is 0 Å². The minimum absolute atomic E-state index is 0.0309. The third kappa shape index (κ3) is 5.06. The van der Waals surface area contributed by atoms with E-state index < -0.39 is 14.9 Å². The molecule has 10 heteroatoms. The van der Waals surface area contributed by atoms with E-state index in [1.54, 1.807) is 12.1 Å². The summed E-state index contributed by atoms with van der Waals surface area (Å²) < 4.78 is 24.9. The van der Waals surface area contributed by atoms with Crippen LogP contribution in [0.15, 0.2) is 24.3 Å².